The van der Waals surface area contributed by atoms with E-state index in [1.807, 2.05) is 43.3 Å². The van der Waals surface area contributed by atoms with Gasteiger partial charge in [0.15, 0.2) is 0 Å². The molecule has 3 heterocycles. The molecule has 0 radical (unpaired) electrons. The average Bonchev–Trinajstić information content (AvgIpc) is 3.49. The quantitative estimate of drug-likeness (QED) is 0.414. The molecule has 0 aliphatic carbocycles. The van der Waals surface area contributed by atoms with Crippen molar-refractivity contribution in [2.45, 2.75) is 18.9 Å². The van der Waals surface area contributed by atoms with Gasteiger partial charge < -0.3 is 15.6 Å². The van der Waals surface area contributed by atoms with Gasteiger partial charge in [0.05, 0.1) is 17.4 Å². The molecule has 5 rings (SSSR count). The van der Waals surface area contributed by atoms with Gasteiger partial charge in [-0.05, 0) is 42.1 Å². The number of thiophene rings is 1. The van der Waals surface area contributed by atoms with Gasteiger partial charge in [0.2, 0.25) is 11.8 Å². The van der Waals surface area contributed by atoms with Gasteiger partial charge in [-0.1, -0.05) is 36.4 Å². The second kappa shape index (κ2) is 8.61. The predicted octanol–water partition coefficient (Wildman–Crippen LogP) is 4.32. The molecule has 0 fully saturated rings. The third kappa shape index (κ3) is 3.81. The summed E-state index contributed by atoms with van der Waals surface area (Å²) in [7, 11) is 0. The molecule has 162 valence electrons. The molecule has 32 heavy (non-hydrogen) atoms. The minimum Gasteiger partial charge on any atom is -0.361 e. The number of nitrogens with zero attached hydrogens (tertiary/aromatic N) is 1. The minimum absolute atomic E-state index is 0.0265. The topological polar surface area (TPSA) is 77.2 Å². The Hall–Kier alpha value is -3.42. The molecule has 0 saturated carbocycles. The van der Waals surface area contributed by atoms with Crippen molar-refractivity contribution in [2.75, 3.05) is 23.3 Å². The van der Waals surface area contributed by atoms with Crippen LogP contribution in [0.15, 0.2) is 72.2 Å². The van der Waals surface area contributed by atoms with E-state index in [-0.39, 0.29) is 24.3 Å². The van der Waals surface area contributed by atoms with Gasteiger partial charge >= 0.3 is 0 Å². The van der Waals surface area contributed by atoms with Gasteiger partial charge in [-0.15, -0.1) is 11.3 Å². The van der Waals surface area contributed by atoms with E-state index in [0.717, 1.165) is 11.2 Å². The number of fused-ring (bicyclic) bond motifs is 2. The van der Waals surface area contributed by atoms with E-state index in [1.165, 1.54) is 15.8 Å². The van der Waals surface area contributed by atoms with E-state index in [0.29, 0.717) is 12.2 Å². The van der Waals surface area contributed by atoms with Gasteiger partial charge in [0.1, 0.15) is 6.54 Å². The Balaban J connectivity index is 1.37. The number of hydrogen-bond donors (Lipinski definition) is 3. The predicted molar refractivity (Wildman–Crippen MR) is 129 cm³/mol. The van der Waals surface area contributed by atoms with E-state index in [1.54, 1.807) is 16.2 Å². The van der Waals surface area contributed by atoms with Crippen LogP contribution < -0.4 is 15.5 Å². The fraction of sp³-hybridized carbons (Fsp3) is 0.200. The van der Waals surface area contributed by atoms with Gasteiger partial charge in [-0.3, -0.25) is 14.5 Å². The minimum atomic E-state index is -0.443. The number of carbonyl (C=O) groups is 2. The fourth-order valence-electron chi connectivity index (χ4n) is 4.28. The Kier molecular flexibility index (Phi) is 5.51. The van der Waals surface area contributed by atoms with Crippen LogP contribution in [0.4, 0.5) is 11.4 Å². The second-order valence-corrected chi connectivity index (χ2v) is 8.96. The molecule has 2 amide bonds. The van der Waals surface area contributed by atoms with Crippen LogP contribution in [-0.2, 0) is 9.59 Å². The number of anilines is 2. The third-order valence-corrected chi connectivity index (χ3v) is 6.90. The maximum atomic E-state index is 13.3. The number of amides is 2. The van der Waals surface area contributed by atoms with Crippen molar-refractivity contribution in [3.63, 3.8) is 0 Å². The monoisotopic (exact) mass is 444 g/mol. The highest BCUT2D eigenvalue weighted by Crippen LogP contribution is 2.33. The standard InChI is InChI=1S/C25H24N4O2S/c1-16(25(31)29-15-24(30)28-21-9-4-5-10-22(21)29)26-14-19(23-11-6-12-32-23)18-13-27-20-8-3-2-7-17(18)20/h2-13,16,19,26-27H,14-15H2,1H3,(H,28,30)/t16-,19-/m0/s1. The summed E-state index contributed by atoms with van der Waals surface area (Å²) in [6, 6.07) is 19.4. The zero-order valence-corrected chi connectivity index (χ0v) is 18.5. The first-order chi connectivity index (χ1) is 15.6. The lowest BCUT2D eigenvalue weighted by Crippen LogP contribution is -2.50. The molecule has 2 aromatic heterocycles. The molecule has 0 bridgehead atoms. The lowest BCUT2D eigenvalue weighted by Gasteiger charge is -2.31. The van der Waals surface area contributed by atoms with Crippen LogP contribution in [0.1, 0.15) is 23.3 Å². The van der Waals surface area contributed by atoms with Crippen LogP contribution in [0.5, 0.6) is 0 Å². The highest BCUT2D eigenvalue weighted by molar-refractivity contribution is 7.10. The lowest BCUT2D eigenvalue weighted by molar-refractivity contribution is -0.123. The van der Waals surface area contributed by atoms with Crippen molar-refractivity contribution in [2.24, 2.45) is 0 Å². The molecule has 2 atom stereocenters. The van der Waals surface area contributed by atoms with E-state index in [2.05, 4.69) is 51.5 Å². The zero-order valence-electron chi connectivity index (χ0n) is 17.7. The summed E-state index contributed by atoms with van der Waals surface area (Å²) in [4.78, 5) is 31.6. The van der Waals surface area contributed by atoms with Gasteiger partial charge in [0, 0.05) is 34.4 Å². The van der Waals surface area contributed by atoms with Gasteiger partial charge in [-0.25, -0.2) is 0 Å². The van der Waals surface area contributed by atoms with Crippen molar-refractivity contribution in [3.8, 4) is 0 Å². The van der Waals surface area contributed by atoms with Crippen molar-refractivity contribution < 1.29 is 9.59 Å². The van der Waals surface area contributed by atoms with Crippen LogP contribution in [-0.4, -0.2) is 35.9 Å². The summed E-state index contributed by atoms with van der Waals surface area (Å²) in [6.45, 7) is 2.49. The number of nitrogens with one attached hydrogen (secondary N) is 3. The number of aromatic nitrogens is 1. The average molecular weight is 445 g/mol. The molecule has 1 aliphatic heterocycles. The van der Waals surface area contributed by atoms with Crippen LogP contribution >= 0.6 is 11.3 Å². The molecular formula is C25H24N4O2S. The lowest BCUT2D eigenvalue weighted by atomic mass is 9.96. The maximum absolute atomic E-state index is 13.3. The van der Waals surface area contributed by atoms with Crippen molar-refractivity contribution in [1.82, 2.24) is 10.3 Å². The number of hydrogen-bond acceptors (Lipinski definition) is 4. The number of para-hydroxylation sites is 3. The van der Waals surface area contributed by atoms with Crippen molar-refractivity contribution >= 4 is 45.4 Å². The van der Waals surface area contributed by atoms with Crippen LogP contribution in [0.3, 0.4) is 0 Å². The molecule has 6 nitrogen and oxygen atoms in total. The number of benzene rings is 2. The molecule has 0 saturated heterocycles. The van der Waals surface area contributed by atoms with E-state index in [4.69, 9.17) is 0 Å². The Morgan fingerprint density at radius 1 is 1.12 bits per heavy atom. The first-order valence-electron chi connectivity index (χ1n) is 10.6. The number of rotatable bonds is 6. The summed E-state index contributed by atoms with van der Waals surface area (Å²) < 4.78 is 0. The second-order valence-electron chi connectivity index (χ2n) is 7.98. The Morgan fingerprint density at radius 2 is 1.94 bits per heavy atom. The van der Waals surface area contributed by atoms with Crippen LogP contribution in [0.25, 0.3) is 10.9 Å². The molecule has 4 aromatic rings. The van der Waals surface area contributed by atoms with Gasteiger partial charge in [-0.2, -0.15) is 0 Å². The zero-order chi connectivity index (χ0) is 22.1. The first-order valence-corrected chi connectivity index (χ1v) is 11.5. The summed E-state index contributed by atoms with van der Waals surface area (Å²) in [5.74, 6) is -0.186. The van der Waals surface area contributed by atoms with E-state index >= 15 is 0 Å². The summed E-state index contributed by atoms with van der Waals surface area (Å²) in [6.07, 6.45) is 2.06. The molecule has 0 unspecified atom stereocenters. The SMILES string of the molecule is C[C@H](NC[C@H](c1cccs1)c1c[nH]c2ccccc12)C(=O)N1CC(=O)Nc2ccccc21. The molecular weight excluding hydrogens is 420 g/mol. The Bertz CT molecular complexity index is 1260. The summed E-state index contributed by atoms with van der Waals surface area (Å²) >= 11 is 1.71. The van der Waals surface area contributed by atoms with Crippen molar-refractivity contribution in [1.29, 1.82) is 0 Å². The highest BCUT2D eigenvalue weighted by atomic mass is 32.1. The summed E-state index contributed by atoms with van der Waals surface area (Å²) in [5.41, 5.74) is 3.71. The normalized spacial score (nSPS) is 15.3. The fourth-order valence-corrected chi connectivity index (χ4v) is 5.13. The smallest absolute Gasteiger partial charge is 0.244 e. The van der Waals surface area contributed by atoms with Crippen LogP contribution in [0.2, 0.25) is 0 Å². The molecule has 2 aromatic carbocycles. The largest absolute Gasteiger partial charge is 0.361 e. The Morgan fingerprint density at radius 3 is 2.78 bits per heavy atom. The number of aromatic amines is 1. The van der Waals surface area contributed by atoms with E-state index < -0.39 is 6.04 Å². The molecule has 3 N–H and O–H groups in total. The third-order valence-electron chi connectivity index (χ3n) is 5.92. The molecule has 1 aliphatic rings. The maximum Gasteiger partial charge on any atom is 0.244 e. The summed E-state index contributed by atoms with van der Waals surface area (Å²) in [5, 5.41) is 9.54. The highest BCUT2D eigenvalue weighted by Gasteiger charge is 2.30. The van der Waals surface area contributed by atoms with E-state index in [9.17, 15) is 9.59 Å². The van der Waals surface area contributed by atoms with Crippen LogP contribution in [0, 0.1) is 0 Å². The Labute approximate surface area is 190 Å². The number of H-pyrrole nitrogens is 1. The van der Waals surface area contributed by atoms with Gasteiger partial charge in [0.25, 0.3) is 0 Å². The first kappa shape index (κ1) is 20.5. The molecule has 7 heteroatoms. The molecule has 0 spiro atoms. The number of carbonyl (C=O) groups excluding carboxylic acids is 2. The van der Waals surface area contributed by atoms with Crippen molar-refractivity contribution in [3.05, 3.63) is 82.7 Å².